The molecule has 4 rings (SSSR count). The highest BCUT2D eigenvalue weighted by molar-refractivity contribution is 9.09. The quantitative estimate of drug-likeness (QED) is 0.344. The predicted molar refractivity (Wildman–Crippen MR) is 160 cm³/mol. The zero-order valence-corrected chi connectivity index (χ0v) is 26.4. The number of hydrogen-bond donors (Lipinski definition) is 3. The highest BCUT2D eigenvalue weighted by Crippen LogP contribution is 2.68. The Morgan fingerprint density at radius 1 is 1.18 bits per heavy atom. The minimum Gasteiger partial charge on any atom is -0.394 e. The fraction of sp³-hybridized carbons (Fsp3) is 0.700. The van der Waals surface area contributed by atoms with E-state index in [1.165, 1.54) is 0 Å². The van der Waals surface area contributed by atoms with Crippen molar-refractivity contribution in [2.45, 2.75) is 99.7 Å². The number of benzene rings is 1. The number of halogens is 1. The van der Waals surface area contributed by atoms with Crippen LogP contribution in [0.4, 0.5) is 0 Å². The Hall–Kier alpha value is -1.58. The molecule has 3 amide bonds. The second-order valence-corrected chi connectivity index (χ2v) is 16.1. The molecule has 2 bridgehead atoms. The lowest BCUT2D eigenvalue weighted by atomic mass is 9.70. The summed E-state index contributed by atoms with van der Waals surface area (Å²) in [6, 6.07) is 8.38. The standard InChI is InChI=1S/C30H44BrN3O4S/c1-7-13-32-25(36)21-22-27(38)34(19(16-35)14-18-11-9-8-10-12-18)24(30(22)15-20(31)23(21)39-30)26(37)33-29(5,6)17-28(2,3)4/h8-12,19-24,35H,7,13-17H2,1-6H3,(H,32,36)(H,33,37)/t19-,20?,21-,22+,23-,24?,30?/m1/s1. The molecule has 7 nitrogen and oxygen atoms in total. The minimum absolute atomic E-state index is 0.00624. The Labute approximate surface area is 245 Å². The van der Waals surface area contributed by atoms with Crippen molar-refractivity contribution < 1.29 is 19.5 Å². The first-order valence-electron chi connectivity index (χ1n) is 14.1. The van der Waals surface area contributed by atoms with Crippen molar-refractivity contribution in [3.63, 3.8) is 0 Å². The third-order valence-corrected chi connectivity index (χ3v) is 11.4. The number of nitrogens with zero attached hydrogens (tertiary/aromatic N) is 1. The van der Waals surface area contributed by atoms with E-state index in [-0.39, 0.29) is 39.8 Å². The molecule has 1 aromatic carbocycles. The van der Waals surface area contributed by atoms with Crippen LogP contribution >= 0.6 is 27.7 Å². The lowest BCUT2D eigenvalue weighted by Crippen LogP contribution is -2.60. The van der Waals surface area contributed by atoms with Crippen molar-refractivity contribution in [3.05, 3.63) is 35.9 Å². The number of alkyl halides is 1. The predicted octanol–water partition coefficient (Wildman–Crippen LogP) is 3.91. The Morgan fingerprint density at radius 2 is 1.85 bits per heavy atom. The molecule has 3 saturated heterocycles. The zero-order chi connectivity index (χ0) is 28.8. The molecule has 216 valence electrons. The molecule has 1 spiro atoms. The van der Waals surface area contributed by atoms with Gasteiger partial charge in [-0.1, -0.05) is 74.0 Å². The highest BCUT2D eigenvalue weighted by atomic mass is 79.9. The molecule has 3 unspecified atom stereocenters. The largest absolute Gasteiger partial charge is 0.394 e. The Bertz CT molecular complexity index is 1080. The van der Waals surface area contributed by atoms with E-state index in [4.69, 9.17) is 0 Å². The fourth-order valence-corrected chi connectivity index (χ4v) is 10.9. The molecule has 1 aromatic rings. The van der Waals surface area contributed by atoms with Crippen LogP contribution in [0.2, 0.25) is 0 Å². The third kappa shape index (κ3) is 5.91. The van der Waals surface area contributed by atoms with E-state index in [1.54, 1.807) is 16.7 Å². The van der Waals surface area contributed by atoms with Gasteiger partial charge in [0.2, 0.25) is 17.7 Å². The van der Waals surface area contributed by atoms with E-state index in [2.05, 4.69) is 47.3 Å². The number of nitrogens with one attached hydrogen (secondary N) is 2. The van der Waals surface area contributed by atoms with Gasteiger partial charge in [0, 0.05) is 22.2 Å². The first-order valence-corrected chi connectivity index (χ1v) is 15.9. The van der Waals surface area contributed by atoms with Gasteiger partial charge in [-0.25, -0.2) is 0 Å². The van der Waals surface area contributed by atoms with Crippen LogP contribution in [0.1, 0.15) is 66.4 Å². The lowest BCUT2D eigenvalue weighted by Gasteiger charge is -2.40. The van der Waals surface area contributed by atoms with Gasteiger partial charge in [-0.15, -0.1) is 11.8 Å². The van der Waals surface area contributed by atoms with Gasteiger partial charge in [-0.3, -0.25) is 14.4 Å². The number of amides is 3. The first kappa shape index (κ1) is 30.4. The smallest absolute Gasteiger partial charge is 0.244 e. The van der Waals surface area contributed by atoms with Crippen LogP contribution in [0.5, 0.6) is 0 Å². The number of thioether (sulfide) groups is 1. The molecular formula is C30H44BrN3O4S. The number of carbonyl (C=O) groups excluding carboxylic acids is 3. The maximum absolute atomic E-state index is 14.4. The molecule has 0 aliphatic carbocycles. The van der Waals surface area contributed by atoms with E-state index in [9.17, 15) is 19.5 Å². The fourth-order valence-electron chi connectivity index (χ4n) is 7.33. The van der Waals surface area contributed by atoms with E-state index in [0.717, 1.165) is 18.4 Å². The summed E-state index contributed by atoms with van der Waals surface area (Å²) in [7, 11) is 0. The molecular weight excluding hydrogens is 578 g/mol. The summed E-state index contributed by atoms with van der Waals surface area (Å²) in [6.07, 6.45) is 2.62. The molecule has 3 N–H and O–H groups in total. The van der Waals surface area contributed by atoms with Crippen LogP contribution in [-0.4, -0.2) is 73.3 Å². The first-order chi connectivity index (χ1) is 18.2. The molecule has 7 atom stereocenters. The Balaban J connectivity index is 1.75. The van der Waals surface area contributed by atoms with E-state index in [1.807, 2.05) is 51.1 Å². The van der Waals surface area contributed by atoms with Crippen molar-refractivity contribution in [1.82, 2.24) is 15.5 Å². The number of fused-ring (bicyclic) bond motifs is 1. The second kappa shape index (κ2) is 11.4. The van der Waals surface area contributed by atoms with Crippen molar-refractivity contribution in [1.29, 1.82) is 0 Å². The van der Waals surface area contributed by atoms with Crippen LogP contribution in [0.3, 0.4) is 0 Å². The molecule has 3 aliphatic heterocycles. The maximum atomic E-state index is 14.4. The normalized spacial score (nSPS) is 30.8. The molecule has 0 aromatic heterocycles. The van der Waals surface area contributed by atoms with Crippen LogP contribution in [0, 0.1) is 17.3 Å². The second-order valence-electron chi connectivity index (χ2n) is 13.3. The molecule has 3 heterocycles. The number of aliphatic hydroxyl groups is 1. The lowest BCUT2D eigenvalue weighted by molar-refractivity contribution is -0.143. The van der Waals surface area contributed by atoms with Gasteiger partial charge >= 0.3 is 0 Å². The van der Waals surface area contributed by atoms with E-state index < -0.39 is 34.2 Å². The molecule has 9 heteroatoms. The van der Waals surface area contributed by atoms with E-state index >= 15 is 0 Å². The molecule has 3 fully saturated rings. The van der Waals surface area contributed by atoms with Crippen LogP contribution in [0.15, 0.2) is 30.3 Å². The summed E-state index contributed by atoms with van der Waals surface area (Å²) < 4.78 is -0.740. The van der Waals surface area contributed by atoms with Gasteiger partial charge in [0.25, 0.3) is 0 Å². The van der Waals surface area contributed by atoms with Crippen molar-refractivity contribution in [2.24, 2.45) is 17.3 Å². The average molecular weight is 623 g/mol. The van der Waals surface area contributed by atoms with Gasteiger partial charge < -0.3 is 20.6 Å². The topological polar surface area (TPSA) is 98.7 Å². The Kier molecular flexibility index (Phi) is 8.85. The SMILES string of the molecule is CCCNC(=O)[C@H]1[C@@H]2SC3(CC2Br)C(C(=O)NC(C)(C)CC(C)(C)C)N([C@@H](CO)Cc2ccccc2)C(=O)[C@H]13. The zero-order valence-electron chi connectivity index (χ0n) is 24.0. The average Bonchev–Trinajstić information content (AvgIpc) is 3.43. The van der Waals surface area contributed by atoms with Gasteiger partial charge in [0.1, 0.15) is 6.04 Å². The minimum atomic E-state index is -0.783. The summed E-state index contributed by atoms with van der Waals surface area (Å²) in [4.78, 5) is 43.9. The molecule has 0 radical (unpaired) electrons. The van der Waals surface area contributed by atoms with Crippen LogP contribution in [0.25, 0.3) is 0 Å². The number of aliphatic hydroxyl groups excluding tert-OH is 1. The van der Waals surface area contributed by atoms with Crippen molar-refractivity contribution in [3.8, 4) is 0 Å². The van der Waals surface area contributed by atoms with Crippen LogP contribution in [-0.2, 0) is 20.8 Å². The number of likely N-dealkylation sites (tertiary alicyclic amines) is 1. The Morgan fingerprint density at radius 3 is 2.44 bits per heavy atom. The molecule has 3 aliphatic rings. The van der Waals surface area contributed by atoms with Gasteiger partial charge in [0.05, 0.1) is 29.2 Å². The van der Waals surface area contributed by atoms with Gasteiger partial charge in [0.15, 0.2) is 0 Å². The number of carbonyl (C=O) groups is 3. The van der Waals surface area contributed by atoms with Crippen LogP contribution < -0.4 is 10.6 Å². The van der Waals surface area contributed by atoms with Crippen molar-refractivity contribution >= 4 is 45.4 Å². The summed E-state index contributed by atoms with van der Waals surface area (Å²) in [5.41, 5.74) is 0.479. The third-order valence-electron chi connectivity index (χ3n) is 8.18. The summed E-state index contributed by atoms with van der Waals surface area (Å²) >= 11 is 5.45. The number of hydrogen-bond acceptors (Lipinski definition) is 5. The van der Waals surface area contributed by atoms with Gasteiger partial charge in [-0.05, 0) is 50.5 Å². The highest BCUT2D eigenvalue weighted by Gasteiger charge is 2.76. The van der Waals surface area contributed by atoms with Crippen molar-refractivity contribution in [2.75, 3.05) is 13.2 Å². The maximum Gasteiger partial charge on any atom is 0.244 e. The van der Waals surface area contributed by atoms with E-state index in [0.29, 0.717) is 19.4 Å². The molecule has 0 saturated carbocycles. The summed E-state index contributed by atoms with van der Waals surface area (Å²) in [5.74, 6) is -1.63. The summed E-state index contributed by atoms with van der Waals surface area (Å²) in [6.45, 7) is 12.8. The molecule has 39 heavy (non-hydrogen) atoms. The summed E-state index contributed by atoms with van der Waals surface area (Å²) in [5, 5.41) is 16.8. The number of rotatable bonds is 10. The van der Waals surface area contributed by atoms with Gasteiger partial charge in [-0.2, -0.15) is 0 Å². The monoisotopic (exact) mass is 621 g/mol.